The van der Waals surface area contributed by atoms with Crippen molar-refractivity contribution >= 4 is 34.8 Å². The van der Waals surface area contributed by atoms with Gasteiger partial charge in [-0.1, -0.05) is 45.2 Å². The molecule has 35 heavy (non-hydrogen) atoms. The Labute approximate surface area is 217 Å². The smallest absolute Gasteiger partial charge is 0.310 e. The van der Waals surface area contributed by atoms with Gasteiger partial charge in [0.25, 0.3) is 10.9 Å². The number of nitrogens with zero attached hydrogens (tertiary/aromatic N) is 5. The topological polar surface area (TPSA) is 83.9 Å². The predicted octanol–water partition coefficient (Wildman–Crippen LogP) is 3.80. The number of halogens is 1. The maximum atomic E-state index is 9.53. The van der Waals surface area contributed by atoms with Crippen molar-refractivity contribution in [1.82, 2.24) is 20.3 Å². The number of nitrogens with one attached hydrogen (secondary N) is 2. The molecule has 4 rings (SSSR count). The molecule has 8 nitrogen and oxygen atoms in total. The SMILES string of the molecule is C[N+](=C1NC(=S)N(CC#N)C12CCCC2)C(CC(C)(C)C)C(Oc1ccc(Cl)cc1)[n+]1cnc[nH]1. The molecular formula is C25H34ClN7OS+2. The van der Waals surface area contributed by atoms with Crippen LogP contribution in [0.1, 0.15) is 59.1 Å². The molecule has 2 aromatic rings. The average molecular weight is 516 g/mol. The number of ether oxygens (including phenoxy) is 1. The fourth-order valence-electron chi connectivity index (χ4n) is 5.36. The minimum Gasteiger partial charge on any atom is -0.446 e. The zero-order valence-electron chi connectivity index (χ0n) is 20.8. The molecule has 0 amide bonds. The molecule has 1 aliphatic heterocycles. The van der Waals surface area contributed by atoms with Gasteiger partial charge in [0.2, 0.25) is 6.33 Å². The van der Waals surface area contributed by atoms with Crippen molar-refractivity contribution in [3.63, 3.8) is 0 Å². The van der Waals surface area contributed by atoms with E-state index in [1.165, 1.54) is 0 Å². The fourth-order valence-corrected chi connectivity index (χ4v) is 5.82. The van der Waals surface area contributed by atoms with E-state index in [-0.39, 0.29) is 23.5 Å². The molecule has 1 aliphatic carbocycles. The van der Waals surface area contributed by atoms with Gasteiger partial charge in [-0.25, -0.2) is 5.32 Å². The molecule has 2 heterocycles. The Morgan fingerprint density at radius 1 is 1.31 bits per heavy atom. The van der Waals surface area contributed by atoms with Crippen LogP contribution < -0.4 is 14.7 Å². The standard InChI is InChI=1S/C25H32ClN7OS/c1-24(2,3)15-20(21(33-17-28-16-29-33)34-19-9-7-18(26)8-10-19)31(4)22-25(11-5-6-12-25)32(14-13-27)23(35)30-22/h7-10,16-17,20-21H,5-6,11-12,14-15H2,1-4H3/p+2. The summed E-state index contributed by atoms with van der Waals surface area (Å²) in [6.07, 6.45) is 7.95. The van der Waals surface area contributed by atoms with Gasteiger partial charge in [0, 0.05) is 11.4 Å². The summed E-state index contributed by atoms with van der Waals surface area (Å²) in [4.78, 5) is 6.33. The van der Waals surface area contributed by atoms with Crippen LogP contribution in [0.25, 0.3) is 0 Å². The first kappa shape index (κ1) is 25.4. The highest BCUT2D eigenvalue weighted by Gasteiger charge is 2.57. The number of hydrogen-bond donors (Lipinski definition) is 2. The lowest BCUT2D eigenvalue weighted by Crippen LogP contribution is -2.58. The quantitative estimate of drug-likeness (QED) is 0.331. The van der Waals surface area contributed by atoms with Crippen LogP contribution in [0.4, 0.5) is 0 Å². The first-order valence-electron chi connectivity index (χ1n) is 12.0. The summed E-state index contributed by atoms with van der Waals surface area (Å²) < 4.78 is 10.8. The molecule has 10 heteroatoms. The number of H-pyrrole nitrogens is 1. The maximum absolute atomic E-state index is 9.53. The van der Waals surface area contributed by atoms with Gasteiger partial charge in [-0.15, -0.1) is 4.68 Å². The minimum atomic E-state index is -0.408. The van der Waals surface area contributed by atoms with Crippen LogP contribution >= 0.6 is 23.8 Å². The monoisotopic (exact) mass is 515 g/mol. The van der Waals surface area contributed by atoms with Crippen molar-refractivity contribution in [3.05, 3.63) is 41.9 Å². The van der Waals surface area contributed by atoms with Crippen molar-refractivity contribution < 1.29 is 14.0 Å². The van der Waals surface area contributed by atoms with E-state index in [1.54, 1.807) is 12.7 Å². The van der Waals surface area contributed by atoms with Crippen LogP contribution in [-0.4, -0.2) is 55.7 Å². The third-order valence-electron chi connectivity index (χ3n) is 6.91. The molecule has 2 atom stereocenters. The average Bonchev–Trinajstić information content (AvgIpc) is 3.55. The first-order chi connectivity index (χ1) is 16.6. The molecule has 2 aliphatic rings. The number of aromatic nitrogens is 3. The summed E-state index contributed by atoms with van der Waals surface area (Å²) in [6, 6.07) is 9.64. The predicted molar refractivity (Wildman–Crippen MR) is 138 cm³/mol. The minimum absolute atomic E-state index is 0.00989. The Bertz CT molecular complexity index is 1110. The Balaban J connectivity index is 1.82. The summed E-state index contributed by atoms with van der Waals surface area (Å²) in [5.74, 6) is 1.77. The van der Waals surface area contributed by atoms with E-state index >= 15 is 0 Å². The van der Waals surface area contributed by atoms with Crippen LogP contribution in [0.3, 0.4) is 0 Å². The first-order valence-corrected chi connectivity index (χ1v) is 12.8. The second kappa shape index (κ2) is 10.1. The highest BCUT2D eigenvalue weighted by atomic mass is 35.5. The van der Waals surface area contributed by atoms with Gasteiger partial charge in [-0.2, -0.15) is 10.4 Å². The molecule has 2 N–H and O–H groups in total. The Morgan fingerprint density at radius 2 is 2.00 bits per heavy atom. The largest absolute Gasteiger partial charge is 0.446 e. The molecule has 1 saturated heterocycles. The Morgan fingerprint density at radius 3 is 2.57 bits per heavy atom. The highest BCUT2D eigenvalue weighted by Crippen LogP contribution is 2.40. The van der Waals surface area contributed by atoms with E-state index < -0.39 is 6.23 Å². The number of amidine groups is 1. The lowest BCUT2D eigenvalue weighted by Gasteiger charge is -2.33. The van der Waals surface area contributed by atoms with Gasteiger partial charge >= 0.3 is 12.6 Å². The summed E-state index contributed by atoms with van der Waals surface area (Å²) in [5, 5.41) is 17.5. The van der Waals surface area contributed by atoms with Crippen LogP contribution in [0, 0.1) is 16.7 Å². The van der Waals surface area contributed by atoms with Crippen molar-refractivity contribution in [2.24, 2.45) is 5.41 Å². The van der Waals surface area contributed by atoms with Gasteiger partial charge < -0.3 is 4.74 Å². The van der Waals surface area contributed by atoms with Gasteiger partial charge in [-0.05, 0) is 59.7 Å². The number of hydrogen-bond acceptors (Lipinski definition) is 4. The van der Waals surface area contributed by atoms with E-state index in [0.29, 0.717) is 10.1 Å². The van der Waals surface area contributed by atoms with Crippen LogP contribution in [-0.2, 0) is 0 Å². The summed E-state index contributed by atoms with van der Waals surface area (Å²) >= 11 is 11.8. The number of nitriles is 1. The molecule has 2 unspecified atom stereocenters. The van der Waals surface area contributed by atoms with Crippen LogP contribution in [0.5, 0.6) is 5.75 Å². The molecule has 0 radical (unpaired) electrons. The molecule has 1 aromatic carbocycles. The van der Waals surface area contributed by atoms with E-state index in [1.807, 2.05) is 28.9 Å². The third kappa shape index (κ3) is 5.29. The van der Waals surface area contributed by atoms with E-state index in [4.69, 9.17) is 28.6 Å². The summed E-state index contributed by atoms with van der Waals surface area (Å²) in [7, 11) is 2.10. The van der Waals surface area contributed by atoms with Gasteiger partial charge in [0.15, 0.2) is 6.04 Å². The lowest BCUT2D eigenvalue weighted by atomic mass is 9.86. The Kier molecular flexibility index (Phi) is 7.34. The molecule has 1 spiro atoms. The molecular weight excluding hydrogens is 482 g/mol. The molecule has 0 bridgehead atoms. The van der Waals surface area contributed by atoms with Gasteiger partial charge in [0.05, 0.1) is 13.1 Å². The second-order valence-electron chi connectivity index (χ2n) is 10.6. The van der Waals surface area contributed by atoms with Crippen molar-refractivity contribution in [1.29, 1.82) is 5.26 Å². The number of rotatable bonds is 7. The van der Waals surface area contributed by atoms with Crippen molar-refractivity contribution in [3.8, 4) is 11.8 Å². The van der Waals surface area contributed by atoms with Gasteiger partial charge in [-0.3, -0.25) is 9.48 Å². The maximum Gasteiger partial charge on any atom is 0.310 e. The number of benzene rings is 1. The van der Waals surface area contributed by atoms with E-state index in [0.717, 1.165) is 43.7 Å². The molecule has 186 valence electrons. The third-order valence-corrected chi connectivity index (χ3v) is 7.48. The van der Waals surface area contributed by atoms with Crippen molar-refractivity contribution in [2.45, 2.75) is 70.7 Å². The number of likely N-dealkylation sites (N-methyl/N-ethyl adjacent to an activating group) is 1. The van der Waals surface area contributed by atoms with Gasteiger partial charge in [0.1, 0.15) is 17.8 Å². The summed E-state index contributed by atoms with van der Waals surface area (Å²) in [5.41, 5.74) is -0.281. The normalized spacial score (nSPS) is 20.5. The molecule has 1 aromatic heterocycles. The van der Waals surface area contributed by atoms with E-state index in [9.17, 15) is 5.26 Å². The lowest BCUT2D eigenvalue weighted by molar-refractivity contribution is -0.830. The zero-order chi connectivity index (χ0) is 25.2. The zero-order valence-corrected chi connectivity index (χ0v) is 22.4. The molecule has 1 saturated carbocycles. The number of thiocarbonyl (C=S) groups is 1. The second-order valence-corrected chi connectivity index (χ2v) is 11.4. The van der Waals surface area contributed by atoms with Crippen LogP contribution in [0.2, 0.25) is 5.02 Å². The Hall–Kier alpha value is -2.70. The fraction of sp³-hybridized carbons (Fsp3) is 0.560. The van der Waals surface area contributed by atoms with Crippen molar-refractivity contribution in [2.75, 3.05) is 13.6 Å². The summed E-state index contributed by atoms with van der Waals surface area (Å²) in [6.45, 7) is 6.97. The van der Waals surface area contributed by atoms with E-state index in [2.05, 4.69) is 58.8 Å². The molecule has 2 fully saturated rings. The van der Waals surface area contributed by atoms with Crippen LogP contribution in [0.15, 0.2) is 36.9 Å². The highest BCUT2D eigenvalue weighted by molar-refractivity contribution is 7.80. The number of aromatic amines is 1.